The van der Waals surface area contributed by atoms with Crippen LogP contribution < -0.4 is 5.32 Å². The Morgan fingerprint density at radius 3 is 2.53 bits per heavy atom. The lowest BCUT2D eigenvalue weighted by atomic mass is 9.99. The van der Waals surface area contributed by atoms with E-state index in [1.807, 2.05) is 45.0 Å². The van der Waals surface area contributed by atoms with Gasteiger partial charge in [0.2, 0.25) is 0 Å². The molecule has 0 spiro atoms. The summed E-state index contributed by atoms with van der Waals surface area (Å²) in [4.78, 5) is 11.6. The number of ether oxygens (including phenoxy) is 1. The Hall–Kier alpha value is -1.58. The number of hydrogen-bond donors (Lipinski definition) is 1. The fourth-order valence-corrected chi connectivity index (χ4v) is 1.72. The summed E-state index contributed by atoms with van der Waals surface area (Å²) in [5.41, 5.74) is 1.67. The summed E-state index contributed by atoms with van der Waals surface area (Å²) in [5, 5.41) is 2.74. The lowest BCUT2D eigenvalue weighted by molar-refractivity contribution is 0.128. The van der Waals surface area contributed by atoms with Gasteiger partial charge in [-0.25, -0.2) is 4.79 Å². The molecule has 0 heterocycles. The molecule has 0 saturated heterocycles. The maximum absolute atomic E-state index is 12.1. The van der Waals surface area contributed by atoms with Crippen molar-refractivity contribution in [2.75, 3.05) is 6.67 Å². The number of rotatable bonds is 6. The maximum Gasteiger partial charge on any atom is 0.407 e. The molecular formula is C15H22FNO2. The summed E-state index contributed by atoms with van der Waals surface area (Å²) in [7, 11) is 0. The lowest BCUT2D eigenvalue weighted by Gasteiger charge is -2.25. The smallest absolute Gasteiger partial charge is 0.407 e. The third kappa shape index (κ3) is 6.22. The van der Waals surface area contributed by atoms with E-state index < -0.39 is 11.6 Å². The number of benzene rings is 1. The zero-order valence-electron chi connectivity index (χ0n) is 11.8. The van der Waals surface area contributed by atoms with Crippen LogP contribution in [0.15, 0.2) is 24.3 Å². The van der Waals surface area contributed by atoms with Crippen molar-refractivity contribution >= 4 is 6.09 Å². The van der Waals surface area contributed by atoms with Crippen molar-refractivity contribution in [1.29, 1.82) is 0 Å². The monoisotopic (exact) mass is 267 g/mol. The average Bonchev–Trinajstić information content (AvgIpc) is 2.35. The quantitative estimate of drug-likeness (QED) is 0.852. The van der Waals surface area contributed by atoms with E-state index in [0.717, 1.165) is 5.56 Å². The molecule has 0 unspecified atom stereocenters. The number of alkyl halides is 1. The number of carbonyl (C=O) groups excluding carboxylic acids is 1. The minimum absolute atomic E-state index is 0.241. The van der Waals surface area contributed by atoms with Crippen molar-refractivity contribution in [3.8, 4) is 0 Å². The van der Waals surface area contributed by atoms with Crippen LogP contribution in [0.5, 0.6) is 0 Å². The zero-order valence-corrected chi connectivity index (χ0v) is 11.8. The third-order valence-electron chi connectivity index (χ3n) is 2.87. The Morgan fingerprint density at radius 2 is 1.95 bits per heavy atom. The first-order chi connectivity index (χ1) is 8.93. The minimum Gasteiger partial charge on any atom is -0.445 e. The van der Waals surface area contributed by atoms with E-state index in [4.69, 9.17) is 4.74 Å². The molecule has 0 aromatic heterocycles. The first-order valence-corrected chi connectivity index (χ1v) is 6.49. The molecule has 0 aliphatic rings. The number of carbonyl (C=O) groups is 1. The predicted molar refractivity (Wildman–Crippen MR) is 73.8 cm³/mol. The van der Waals surface area contributed by atoms with Gasteiger partial charge in [-0.1, -0.05) is 29.8 Å². The summed E-state index contributed by atoms with van der Waals surface area (Å²) >= 11 is 0. The SMILES string of the molecule is Cc1ccc(COC(=O)NC(C)(C)CCCF)cc1. The van der Waals surface area contributed by atoms with Crippen LogP contribution in [-0.4, -0.2) is 18.3 Å². The first-order valence-electron chi connectivity index (χ1n) is 6.49. The number of alkyl carbamates (subject to hydrolysis) is 1. The van der Waals surface area contributed by atoms with Crippen LogP contribution in [0.4, 0.5) is 9.18 Å². The molecule has 1 aromatic rings. The lowest BCUT2D eigenvalue weighted by Crippen LogP contribution is -2.43. The molecule has 1 N–H and O–H groups in total. The van der Waals surface area contributed by atoms with Gasteiger partial charge >= 0.3 is 6.09 Å². The molecular weight excluding hydrogens is 245 g/mol. The highest BCUT2D eigenvalue weighted by Gasteiger charge is 2.20. The Labute approximate surface area is 114 Å². The average molecular weight is 267 g/mol. The second-order valence-electron chi connectivity index (χ2n) is 5.36. The van der Waals surface area contributed by atoms with Gasteiger partial charge in [0.15, 0.2) is 0 Å². The number of nitrogens with one attached hydrogen (secondary N) is 1. The molecule has 1 amide bonds. The van der Waals surface area contributed by atoms with Crippen molar-refractivity contribution in [2.24, 2.45) is 0 Å². The molecule has 0 atom stereocenters. The van der Waals surface area contributed by atoms with E-state index in [1.54, 1.807) is 0 Å². The molecule has 0 saturated carbocycles. The summed E-state index contributed by atoms with van der Waals surface area (Å²) in [5.74, 6) is 0. The number of halogens is 1. The third-order valence-corrected chi connectivity index (χ3v) is 2.87. The molecule has 0 aliphatic carbocycles. The van der Waals surface area contributed by atoms with Gasteiger partial charge in [0.1, 0.15) is 6.61 Å². The van der Waals surface area contributed by atoms with Gasteiger partial charge < -0.3 is 10.1 Å². The van der Waals surface area contributed by atoms with Crippen molar-refractivity contribution in [2.45, 2.75) is 45.8 Å². The van der Waals surface area contributed by atoms with Gasteiger partial charge in [0, 0.05) is 5.54 Å². The van der Waals surface area contributed by atoms with Gasteiger partial charge in [0.05, 0.1) is 6.67 Å². The molecule has 19 heavy (non-hydrogen) atoms. The van der Waals surface area contributed by atoms with E-state index in [2.05, 4.69) is 5.32 Å². The molecule has 0 bridgehead atoms. The van der Waals surface area contributed by atoms with Crippen LogP contribution >= 0.6 is 0 Å². The van der Waals surface area contributed by atoms with Crippen molar-refractivity contribution in [1.82, 2.24) is 5.32 Å². The molecule has 1 aromatic carbocycles. The van der Waals surface area contributed by atoms with Gasteiger partial charge in [-0.05, 0) is 39.2 Å². The Bertz CT molecular complexity index is 401. The topological polar surface area (TPSA) is 38.3 Å². The van der Waals surface area contributed by atoms with E-state index in [1.165, 1.54) is 5.56 Å². The molecule has 0 fully saturated rings. The highest BCUT2D eigenvalue weighted by molar-refractivity contribution is 5.68. The summed E-state index contributed by atoms with van der Waals surface area (Å²) in [6.07, 6.45) is 0.554. The fourth-order valence-electron chi connectivity index (χ4n) is 1.72. The van der Waals surface area contributed by atoms with Crippen LogP contribution in [0.3, 0.4) is 0 Å². The molecule has 106 valence electrons. The van der Waals surface area contributed by atoms with Crippen LogP contribution in [0, 0.1) is 6.92 Å². The van der Waals surface area contributed by atoms with Crippen LogP contribution in [0.1, 0.15) is 37.8 Å². The van der Waals surface area contributed by atoms with Crippen LogP contribution in [0.2, 0.25) is 0 Å². The molecule has 0 radical (unpaired) electrons. The number of hydrogen-bond acceptors (Lipinski definition) is 2. The predicted octanol–water partition coefficient (Wildman–Crippen LogP) is 3.75. The summed E-state index contributed by atoms with van der Waals surface area (Å²) in [6.45, 7) is 5.59. The van der Waals surface area contributed by atoms with Gasteiger partial charge in [-0.2, -0.15) is 0 Å². The van der Waals surface area contributed by atoms with E-state index in [0.29, 0.717) is 12.8 Å². The summed E-state index contributed by atoms with van der Waals surface area (Å²) in [6, 6.07) is 7.80. The Morgan fingerprint density at radius 1 is 1.32 bits per heavy atom. The molecule has 3 nitrogen and oxygen atoms in total. The molecule has 0 aliphatic heterocycles. The number of aryl methyl sites for hydroxylation is 1. The second kappa shape index (κ2) is 7.12. The van der Waals surface area contributed by atoms with Crippen molar-refractivity contribution in [3.63, 3.8) is 0 Å². The van der Waals surface area contributed by atoms with E-state index >= 15 is 0 Å². The van der Waals surface area contributed by atoms with Crippen LogP contribution in [-0.2, 0) is 11.3 Å². The van der Waals surface area contributed by atoms with Gasteiger partial charge in [-0.15, -0.1) is 0 Å². The standard InChI is InChI=1S/C15H22FNO2/c1-12-5-7-13(8-6-12)11-19-14(18)17-15(2,3)9-4-10-16/h5-8H,4,9-11H2,1-3H3,(H,17,18). The Kier molecular flexibility index (Phi) is 5.80. The molecule has 1 rings (SSSR count). The zero-order chi connectivity index (χ0) is 14.3. The van der Waals surface area contributed by atoms with E-state index in [-0.39, 0.29) is 13.3 Å². The molecule has 4 heteroatoms. The largest absolute Gasteiger partial charge is 0.445 e. The van der Waals surface area contributed by atoms with Gasteiger partial charge in [0.25, 0.3) is 0 Å². The van der Waals surface area contributed by atoms with Gasteiger partial charge in [-0.3, -0.25) is 4.39 Å². The normalized spacial score (nSPS) is 11.2. The fraction of sp³-hybridized carbons (Fsp3) is 0.533. The van der Waals surface area contributed by atoms with Crippen molar-refractivity contribution < 1.29 is 13.9 Å². The second-order valence-corrected chi connectivity index (χ2v) is 5.36. The first kappa shape index (κ1) is 15.5. The number of amides is 1. The highest BCUT2D eigenvalue weighted by Crippen LogP contribution is 2.12. The van der Waals surface area contributed by atoms with E-state index in [9.17, 15) is 9.18 Å². The maximum atomic E-state index is 12.1. The Balaban J connectivity index is 2.37. The summed E-state index contributed by atoms with van der Waals surface area (Å²) < 4.78 is 17.3. The highest BCUT2D eigenvalue weighted by atomic mass is 19.1. The van der Waals surface area contributed by atoms with Crippen LogP contribution in [0.25, 0.3) is 0 Å². The minimum atomic E-state index is -0.468. The van der Waals surface area contributed by atoms with Crippen molar-refractivity contribution in [3.05, 3.63) is 35.4 Å².